The summed E-state index contributed by atoms with van der Waals surface area (Å²) in [5.74, 6) is 6.33. The second-order valence-corrected chi connectivity index (χ2v) is 8.23. The molecule has 0 unspecified atom stereocenters. The van der Waals surface area contributed by atoms with Crippen LogP contribution < -0.4 is 0 Å². The van der Waals surface area contributed by atoms with Gasteiger partial charge in [0.05, 0.1) is 0 Å². The molecule has 1 aromatic heterocycles. The number of benzene rings is 1. The zero-order valence-corrected chi connectivity index (χ0v) is 16.0. The Labute approximate surface area is 146 Å². The molecule has 0 amide bonds. The van der Waals surface area contributed by atoms with E-state index in [9.17, 15) is 0 Å². The van der Waals surface area contributed by atoms with Crippen molar-refractivity contribution in [3.05, 3.63) is 45.8 Å². The predicted octanol–water partition coefficient (Wildman–Crippen LogP) is 5.70. The number of hydrogen-bond acceptors (Lipinski definition) is 2. The molecule has 1 aromatic carbocycles. The maximum Gasteiger partial charge on any atom is 0.0399 e. The predicted molar refractivity (Wildman–Crippen MR) is 102 cm³/mol. The fourth-order valence-electron chi connectivity index (χ4n) is 2.12. The number of allylic oxidation sites excluding steroid dienone is 1. The summed E-state index contributed by atoms with van der Waals surface area (Å²) in [5.41, 5.74) is 1.45. The molecule has 116 valence electrons. The third-order valence-electron chi connectivity index (χ3n) is 3.14. The summed E-state index contributed by atoms with van der Waals surface area (Å²) >= 11 is 5.42. The second kappa shape index (κ2) is 7.46. The van der Waals surface area contributed by atoms with Gasteiger partial charge in [-0.3, -0.25) is 4.90 Å². The minimum absolute atomic E-state index is 0.0679. The van der Waals surface area contributed by atoms with E-state index in [2.05, 4.69) is 90.1 Å². The molecule has 0 aliphatic rings. The maximum atomic E-state index is 3.61. The standard InChI is InChI=1S/C19H22BrNS/c1-19(2,3)11-6-5-7-12-21(4)13-15-9-8-10-16-17(20)14-22-18(15)16/h5,7-10,14H,12-13H2,1-4H3/b7-5+. The van der Waals surface area contributed by atoms with Gasteiger partial charge in [0.2, 0.25) is 0 Å². The first-order chi connectivity index (χ1) is 10.4. The number of likely N-dealkylation sites (N-methyl/N-ethyl adjacent to an activating group) is 1. The highest BCUT2D eigenvalue weighted by molar-refractivity contribution is 9.10. The number of hydrogen-bond donors (Lipinski definition) is 0. The number of rotatable bonds is 4. The lowest BCUT2D eigenvalue weighted by Crippen LogP contribution is -2.17. The van der Waals surface area contributed by atoms with Crippen LogP contribution in [0.2, 0.25) is 0 Å². The van der Waals surface area contributed by atoms with Gasteiger partial charge in [-0.15, -0.1) is 11.3 Å². The zero-order chi connectivity index (χ0) is 16.2. The fraction of sp³-hybridized carbons (Fsp3) is 0.368. The van der Waals surface area contributed by atoms with Gasteiger partial charge in [-0.2, -0.15) is 0 Å². The summed E-state index contributed by atoms with van der Waals surface area (Å²) in [6, 6.07) is 6.51. The maximum absolute atomic E-state index is 3.61. The minimum Gasteiger partial charge on any atom is -0.298 e. The van der Waals surface area contributed by atoms with E-state index >= 15 is 0 Å². The normalized spacial score (nSPS) is 12.1. The average Bonchev–Trinajstić information content (AvgIpc) is 2.80. The molecule has 0 atom stereocenters. The topological polar surface area (TPSA) is 3.24 Å². The van der Waals surface area contributed by atoms with Gasteiger partial charge in [0, 0.05) is 38.4 Å². The van der Waals surface area contributed by atoms with Crippen molar-refractivity contribution in [3.8, 4) is 11.8 Å². The van der Waals surface area contributed by atoms with Crippen molar-refractivity contribution in [2.24, 2.45) is 5.41 Å². The summed E-state index contributed by atoms with van der Waals surface area (Å²) in [4.78, 5) is 2.30. The molecule has 0 aliphatic carbocycles. The van der Waals surface area contributed by atoms with Crippen LogP contribution in [-0.4, -0.2) is 18.5 Å². The molecular formula is C19H22BrNS. The Hall–Kier alpha value is -1.08. The van der Waals surface area contributed by atoms with Gasteiger partial charge >= 0.3 is 0 Å². The molecule has 2 aromatic rings. The van der Waals surface area contributed by atoms with Gasteiger partial charge in [-0.05, 0) is 55.4 Å². The molecule has 0 aliphatic heterocycles. The Balaban J connectivity index is 1.98. The number of nitrogens with zero attached hydrogens (tertiary/aromatic N) is 1. The molecule has 22 heavy (non-hydrogen) atoms. The third-order valence-corrected chi connectivity index (χ3v) is 5.17. The van der Waals surface area contributed by atoms with Crippen LogP contribution in [0.4, 0.5) is 0 Å². The Kier molecular flexibility index (Phi) is 5.86. The third kappa shape index (κ3) is 4.98. The van der Waals surface area contributed by atoms with Crippen LogP contribution in [0.5, 0.6) is 0 Å². The second-order valence-electron chi connectivity index (χ2n) is 6.50. The van der Waals surface area contributed by atoms with Crippen LogP contribution in [0.3, 0.4) is 0 Å². The van der Waals surface area contributed by atoms with Crippen molar-refractivity contribution < 1.29 is 0 Å². The van der Waals surface area contributed by atoms with Crippen molar-refractivity contribution in [2.75, 3.05) is 13.6 Å². The smallest absolute Gasteiger partial charge is 0.0399 e. The summed E-state index contributed by atoms with van der Waals surface area (Å²) in [7, 11) is 2.14. The van der Waals surface area contributed by atoms with Gasteiger partial charge < -0.3 is 0 Å². The highest BCUT2D eigenvalue weighted by Gasteiger charge is 2.07. The first kappa shape index (κ1) is 17.3. The van der Waals surface area contributed by atoms with Crippen LogP contribution in [0.15, 0.2) is 40.2 Å². The quantitative estimate of drug-likeness (QED) is 0.619. The van der Waals surface area contributed by atoms with Crippen LogP contribution >= 0.6 is 27.3 Å². The average molecular weight is 376 g/mol. The van der Waals surface area contributed by atoms with E-state index in [0.29, 0.717) is 0 Å². The molecule has 0 N–H and O–H groups in total. The summed E-state index contributed by atoms with van der Waals surface area (Å²) < 4.78 is 2.56. The van der Waals surface area contributed by atoms with Crippen molar-refractivity contribution in [1.29, 1.82) is 0 Å². The molecule has 3 heteroatoms. The fourth-order valence-corrected chi connectivity index (χ4v) is 3.80. The number of fused-ring (bicyclic) bond motifs is 1. The van der Waals surface area contributed by atoms with E-state index < -0.39 is 0 Å². The summed E-state index contributed by atoms with van der Waals surface area (Å²) in [6.45, 7) is 8.22. The molecule has 0 saturated heterocycles. The van der Waals surface area contributed by atoms with E-state index in [1.54, 1.807) is 11.3 Å². The molecule has 0 bridgehead atoms. The van der Waals surface area contributed by atoms with Crippen molar-refractivity contribution in [1.82, 2.24) is 4.90 Å². The molecule has 1 nitrogen and oxygen atoms in total. The first-order valence-electron chi connectivity index (χ1n) is 7.37. The molecule has 1 heterocycles. The Morgan fingerprint density at radius 1 is 1.32 bits per heavy atom. The number of thiophene rings is 1. The molecule has 0 fully saturated rings. The van der Waals surface area contributed by atoms with E-state index in [-0.39, 0.29) is 5.41 Å². The lowest BCUT2D eigenvalue weighted by molar-refractivity contribution is 0.365. The molecular weight excluding hydrogens is 354 g/mol. The van der Waals surface area contributed by atoms with E-state index in [1.165, 1.54) is 20.1 Å². The molecule has 2 rings (SSSR count). The van der Waals surface area contributed by atoms with Crippen molar-refractivity contribution in [3.63, 3.8) is 0 Å². The van der Waals surface area contributed by atoms with Gasteiger partial charge in [-0.25, -0.2) is 0 Å². The van der Waals surface area contributed by atoms with Crippen LogP contribution in [0, 0.1) is 17.3 Å². The first-order valence-corrected chi connectivity index (χ1v) is 9.05. The van der Waals surface area contributed by atoms with Crippen molar-refractivity contribution in [2.45, 2.75) is 27.3 Å². The molecule has 0 radical (unpaired) electrons. The zero-order valence-electron chi connectivity index (χ0n) is 13.6. The summed E-state index contributed by atoms with van der Waals surface area (Å²) in [5, 5.41) is 3.47. The van der Waals surface area contributed by atoms with Crippen LogP contribution in [-0.2, 0) is 6.54 Å². The van der Waals surface area contributed by atoms with E-state index in [0.717, 1.165) is 13.1 Å². The molecule has 0 saturated carbocycles. The van der Waals surface area contributed by atoms with Crippen LogP contribution in [0.1, 0.15) is 26.3 Å². The Morgan fingerprint density at radius 3 is 2.82 bits per heavy atom. The Morgan fingerprint density at radius 2 is 2.09 bits per heavy atom. The van der Waals surface area contributed by atoms with Gasteiger partial charge in [0.25, 0.3) is 0 Å². The largest absolute Gasteiger partial charge is 0.298 e. The van der Waals surface area contributed by atoms with Gasteiger partial charge in [0.15, 0.2) is 0 Å². The monoisotopic (exact) mass is 375 g/mol. The van der Waals surface area contributed by atoms with Crippen LogP contribution in [0.25, 0.3) is 10.1 Å². The highest BCUT2D eigenvalue weighted by atomic mass is 79.9. The number of halogens is 1. The minimum atomic E-state index is 0.0679. The van der Waals surface area contributed by atoms with Gasteiger partial charge in [0.1, 0.15) is 0 Å². The van der Waals surface area contributed by atoms with E-state index in [4.69, 9.17) is 0 Å². The van der Waals surface area contributed by atoms with Gasteiger partial charge in [-0.1, -0.05) is 36.1 Å². The summed E-state index contributed by atoms with van der Waals surface area (Å²) in [6.07, 6.45) is 4.09. The lowest BCUT2D eigenvalue weighted by atomic mass is 9.98. The lowest BCUT2D eigenvalue weighted by Gasteiger charge is -2.14. The Bertz CT molecular complexity index is 725. The SMILES string of the molecule is CN(C/C=C/C#CC(C)(C)C)Cc1cccc2c(Br)csc12. The van der Waals surface area contributed by atoms with E-state index in [1.807, 2.05) is 6.08 Å². The molecule has 0 spiro atoms. The van der Waals surface area contributed by atoms with Crippen molar-refractivity contribution >= 4 is 37.4 Å². The highest BCUT2D eigenvalue weighted by Crippen LogP contribution is 2.32.